The van der Waals surface area contributed by atoms with Gasteiger partial charge in [-0.25, -0.2) is 0 Å². The lowest BCUT2D eigenvalue weighted by molar-refractivity contribution is 0.197. The van der Waals surface area contributed by atoms with Crippen LogP contribution < -0.4 is 10.6 Å². The van der Waals surface area contributed by atoms with Crippen molar-refractivity contribution < 1.29 is 5.11 Å². The third kappa shape index (κ3) is 3.57. The molecule has 12 heavy (non-hydrogen) atoms. The Labute approximate surface area is 73.1 Å². The molecule has 0 aromatic carbocycles. The first-order valence-electron chi connectivity index (χ1n) is 4.37. The first-order chi connectivity index (χ1) is 5.72. The number of aliphatic hydroxyl groups excluding tert-OH is 1. The van der Waals surface area contributed by atoms with E-state index in [9.17, 15) is 0 Å². The first kappa shape index (κ1) is 9.32. The van der Waals surface area contributed by atoms with Crippen molar-refractivity contribution >= 4 is 5.96 Å². The van der Waals surface area contributed by atoms with Gasteiger partial charge in [0.2, 0.25) is 0 Å². The molecule has 1 fully saturated rings. The van der Waals surface area contributed by atoms with Crippen LogP contribution in [0.4, 0.5) is 0 Å². The molecule has 1 saturated carbocycles. The summed E-state index contributed by atoms with van der Waals surface area (Å²) in [4.78, 5) is 4.02. The van der Waals surface area contributed by atoms with Gasteiger partial charge in [-0.15, -0.1) is 0 Å². The number of aliphatic hydroxyl groups is 1. The van der Waals surface area contributed by atoms with E-state index in [4.69, 9.17) is 5.11 Å². The lowest BCUT2D eigenvalue weighted by atomic mass is 10.4. The van der Waals surface area contributed by atoms with Crippen molar-refractivity contribution in [3.8, 4) is 0 Å². The summed E-state index contributed by atoms with van der Waals surface area (Å²) in [5.74, 6) is 0.790. The van der Waals surface area contributed by atoms with Crippen LogP contribution in [0, 0.1) is 0 Å². The van der Waals surface area contributed by atoms with Crippen LogP contribution in [-0.4, -0.2) is 36.8 Å². The van der Waals surface area contributed by atoms with Gasteiger partial charge in [-0.1, -0.05) is 0 Å². The van der Waals surface area contributed by atoms with Crippen LogP contribution in [0.2, 0.25) is 0 Å². The van der Waals surface area contributed by atoms with Gasteiger partial charge in [-0.2, -0.15) is 0 Å². The van der Waals surface area contributed by atoms with Gasteiger partial charge in [0.05, 0.1) is 6.10 Å². The molecule has 3 N–H and O–H groups in total. The summed E-state index contributed by atoms with van der Waals surface area (Å²) in [7, 11) is 1.74. The summed E-state index contributed by atoms with van der Waals surface area (Å²) in [6.45, 7) is 2.30. The summed E-state index contributed by atoms with van der Waals surface area (Å²) in [6.07, 6.45) is 2.13. The standard InChI is InChI=1S/C8H17N3O/c1-6(12)5-10-8(9-2)11-7-3-4-7/h6-7,12H,3-5H2,1-2H3,(H2,9,10,11)/t6-/m1/s1. The summed E-state index contributed by atoms with van der Waals surface area (Å²) < 4.78 is 0. The molecule has 1 aliphatic carbocycles. The zero-order valence-corrected chi connectivity index (χ0v) is 7.67. The van der Waals surface area contributed by atoms with Crippen LogP contribution in [-0.2, 0) is 0 Å². The molecule has 0 aromatic rings. The minimum absolute atomic E-state index is 0.331. The van der Waals surface area contributed by atoms with Gasteiger partial charge in [0.25, 0.3) is 0 Å². The molecule has 1 rings (SSSR count). The molecule has 0 aromatic heterocycles. The summed E-state index contributed by atoms with van der Waals surface area (Å²) in [5.41, 5.74) is 0. The molecule has 0 bridgehead atoms. The highest BCUT2D eigenvalue weighted by Crippen LogP contribution is 2.18. The third-order valence-corrected chi connectivity index (χ3v) is 1.71. The molecule has 0 radical (unpaired) electrons. The van der Waals surface area contributed by atoms with E-state index in [1.165, 1.54) is 12.8 Å². The van der Waals surface area contributed by atoms with Gasteiger partial charge in [0, 0.05) is 19.6 Å². The molecule has 4 nitrogen and oxygen atoms in total. The van der Waals surface area contributed by atoms with Gasteiger partial charge in [0.1, 0.15) is 0 Å². The number of nitrogens with one attached hydrogen (secondary N) is 2. The second kappa shape index (κ2) is 4.30. The number of hydrogen-bond acceptors (Lipinski definition) is 2. The normalized spacial score (nSPS) is 20.4. The molecule has 1 atom stereocenters. The zero-order chi connectivity index (χ0) is 8.97. The molecule has 0 aliphatic heterocycles. The fraction of sp³-hybridized carbons (Fsp3) is 0.875. The Morgan fingerprint density at radius 1 is 1.67 bits per heavy atom. The molecule has 0 saturated heterocycles. The minimum Gasteiger partial charge on any atom is -0.392 e. The quantitative estimate of drug-likeness (QED) is 0.403. The van der Waals surface area contributed by atoms with Gasteiger partial charge >= 0.3 is 0 Å². The summed E-state index contributed by atoms with van der Waals surface area (Å²) in [6, 6.07) is 0.602. The summed E-state index contributed by atoms with van der Waals surface area (Å²) >= 11 is 0. The number of hydrogen-bond donors (Lipinski definition) is 3. The summed E-state index contributed by atoms with van der Waals surface area (Å²) in [5, 5.41) is 15.3. The Balaban J connectivity index is 2.16. The average molecular weight is 171 g/mol. The SMILES string of the molecule is CN=C(NC[C@@H](C)O)NC1CC1. The Bertz CT molecular complexity index is 164. The highest BCUT2D eigenvalue weighted by atomic mass is 16.3. The Kier molecular flexibility index (Phi) is 3.34. The average Bonchev–Trinajstić information content (AvgIpc) is 2.81. The van der Waals surface area contributed by atoms with Gasteiger partial charge in [-0.3, -0.25) is 4.99 Å². The topological polar surface area (TPSA) is 56.7 Å². The molecule has 0 heterocycles. The molecule has 4 heteroatoms. The predicted molar refractivity (Wildman–Crippen MR) is 49.2 cm³/mol. The lowest BCUT2D eigenvalue weighted by Crippen LogP contribution is -2.41. The van der Waals surface area contributed by atoms with Crippen LogP contribution >= 0.6 is 0 Å². The Morgan fingerprint density at radius 3 is 2.75 bits per heavy atom. The van der Waals surface area contributed by atoms with E-state index in [0.29, 0.717) is 12.6 Å². The molecule has 0 spiro atoms. The third-order valence-electron chi connectivity index (χ3n) is 1.71. The minimum atomic E-state index is -0.331. The van der Waals surface area contributed by atoms with E-state index in [0.717, 1.165) is 5.96 Å². The van der Waals surface area contributed by atoms with Gasteiger partial charge in [-0.05, 0) is 19.8 Å². The molecule has 1 aliphatic rings. The van der Waals surface area contributed by atoms with E-state index < -0.39 is 0 Å². The van der Waals surface area contributed by atoms with Crippen LogP contribution in [0.3, 0.4) is 0 Å². The van der Waals surface area contributed by atoms with Crippen LogP contribution in [0.15, 0.2) is 4.99 Å². The Hall–Kier alpha value is -0.770. The monoisotopic (exact) mass is 171 g/mol. The molecular formula is C8H17N3O. The maximum Gasteiger partial charge on any atom is 0.191 e. The zero-order valence-electron chi connectivity index (χ0n) is 7.67. The van der Waals surface area contributed by atoms with Crippen LogP contribution in [0.25, 0.3) is 0 Å². The van der Waals surface area contributed by atoms with E-state index >= 15 is 0 Å². The maximum absolute atomic E-state index is 9.00. The maximum atomic E-state index is 9.00. The number of nitrogens with zero attached hydrogens (tertiary/aromatic N) is 1. The van der Waals surface area contributed by atoms with E-state index in [1.54, 1.807) is 14.0 Å². The smallest absolute Gasteiger partial charge is 0.191 e. The van der Waals surface area contributed by atoms with Crippen molar-refractivity contribution in [2.75, 3.05) is 13.6 Å². The van der Waals surface area contributed by atoms with Crippen molar-refractivity contribution in [1.29, 1.82) is 0 Å². The van der Waals surface area contributed by atoms with Gasteiger partial charge in [0.15, 0.2) is 5.96 Å². The fourth-order valence-corrected chi connectivity index (χ4v) is 0.860. The largest absolute Gasteiger partial charge is 0.392 e. The van der Waals surface area contributed by atoms with Crippen molar-refractivity contribution in [2.24, 2.45) is 4.99 Å². The predicted octanol–water partition coefficient (Wildman–Crippen LogP) is -0.305. The van der Waals surface area contributed by atoms with Crippen LogP contribution in [0.5, 0.6) is 0 Å². The van der Waals surface area contributed by atoms with E-state index in [-0.39, 0.29) is 6.10 Å². The number of aliphatic imine (C=N–C) groups is 1. The molecular weight excluding hydrogens is 154 g/mol. The molecule has 0 unspecified atom stereocenters. The van der Waals surface area contributed by atoms with Crippen molar-refractivity contribution in [3.05, 3.63) is 0 Å². The van der Waals surface area contributed by atoms with Crippen molar-refractivity contribution in [3.63, 3.8) is 0 Å². The molecule has 70 valence electrons. The second-order valence-corrected chi connectivity index (χ2v) is 3.22. The van der Waals surface area contributed by atoms with E-state index in [1.807, 2.05) is 0 Å². The van der Waals surface area contributed by atoms with E-state index in [2.05, 4.69) is 15.6 Å². The van der Waals surface area contributed by atoms with Crippen LogP contribution in [0.1, 0.15) is 19.8 Å². The number of rotatable bonds is 3. The second-order valence-electron chi connectivity index (χ2n) is 3.22. The number of guanidine groups is 1. The van der Waals surface area contributed by atoms with Gasteiger partial charge < -0.3 is 15.7 Å². The van der Waals surface area contributed by atoms with Crippen molar-refractivity contribution in [1.82, 2.24) is 10.6 Å². The first-order valence-corrected chi connectivity index (χ1v) is 4.37. The highest BCUT2D eigenvalue weighted by Gasteiger charge is 2.21. The Morgan fingerprint density at radius 2 is 2.33 bits per heavy atom. The highest BCUT2D eigenvalue weighted by molar-refractivity contribution is 5.80. The fourth-order valence-electron chi connectivity index (χ4n) is 0.860. The van der Waals surface area contributed by atoms with Crippen molar-refractivity contribution in [2.45, 2.75) is 31.9 Å². The lowest BCUT2D eigenvalue weighted by Gasteiger charge is -2.11. The molecule has 0 amide bonds.